The van der Waals surface area contributed by atoms with E-state index in [1.807, 2.05) is 37.3 Å². The number of esters is 2. The maximum Gasteiger partial charge on any atom is 0.330 e. The summed E-state index contributed by atoms with van der Waals surface area (Å²) in [5.74, 6) is -1.17. The number of rotatable bonds is 10. The molecule has 0 aliphatic rings. The molecule has 0 spiro atoms. The smallest absolute Gasteiger partial charge is 0.330 e. The number of hydrogen-bond acceptors (Lipinski definition) is 6. The maximum atomic E-state index is 11.3. The Morgan fingerprint density at radius 1 is 1.16 bits per heavy atom. The molecule has 6 nitrogen and oxygen atoms in total. The van der Waals surface area contributed by atoms with Gasteiger partial charge in [-0.1, -0.05) is 37.3 Å². The van der Waals surface area contributed by atoms with Crippen LogP contribution >= 0.6 is 0 Å². The van der Waals surface area contributed by atoms with Gasteiger partial charge in [-0.15, -0.1) is 0 Å². The van der Waals surface area contributed by atoms with E-state index >= 15 is 0 Å². The molecule has 1 aromatic carbocycles. The molecule has 138 valence electrons. The molecule has 0 saturated carbocycles. The highest BCUT2D eigenvalue weighted by Gasteiger charge is 2.27. The molecule has 0 aliphatic heterocycles. The Kier molecular flexibility index (Phi) is 9.50. The van der Waals surface area contributed by atoms with Crippen LogP contribution in [0.1, 0.15) is 19.4 Å². The van der Waals surface area contributed by atoms with Gasteiger partial charge in [0.1, 0.15) is 6.10 Å². The van der Waals surface area contributed by atoms with Crippen LogP contribution in [0.4, 0.5) is 0 Å². The zero-order chi connectivity index (χ0) is 18.7. The summed E-state index contributed by atoms with van der Waals surface area (Å²) in [5, 5.41) is 0. The van der Waals surface area contributed by atoms with E-state index < -0.39 is 18.0 Å². The van der Waals surface area contributed by atoms with Gasteiger partial charge in [0.15, 0.2) is 0 Å². The SMILES string of the molecule is COC(=O)/C=C/[C@@H](OC(C)=O)[C@@H](C)[C@H](COCc1ccccc1)OC. The lowest BCUT2D eigenvalue weighted by Crippen LogP contribution is -2.36. The highest BCUT2D eigenvalue weighted by Crippen LogP contribution is 2.18. The molecule has 0 N–H and O–H groups in total. The number of methoxy groups -OCH3 is 2. The van der Waals surface area contributed by atoms with E-state index in [1.54, 1.807) is 7.11 Å². The number of hydrogen-bond donors (Lipinski definition) is 0. The largest absolute Gasteiger partial charge is 0.466 e. The minimum Gasteiger partial charge on any atom is -0.466 e. The molecule has 0 aromatic heterocycles. The number of benzene rings is 1. The van der Waals surface area contributed by atoms with Crippen molar-refractivity contribution in [2.75, 3.05) is 20.8 Å². The van der Waals surface area contributed by atoms with Gasteiger partial charge in [-0.05, 0) is 11.6 Å². The van der Waals surface area contributed by atoms with Gasteiger partial charge in [-0.25, -0.2) is 4.79 Å². The molecule has 1 aromatic rings. The summed E-state index contributed by atoms with van der Waals surface area (Å²) in [6.07, 6.45) is 1.81. The van der Waals surface area contributed by atoms with E-state index in [0.717, 1.165) is 5.56 Å². The summed E-state index contributed by atoms with van der Waals surface area (Å²) in [4.78, 5) is 22.6. The first-order valence-electron chi connectivity index (χ1n) is 8.05. The summed E-state index contributed by atoms with van der Waals surface area (Å²) in [6.45, 7) is 3.98. The van der Waals surface area contributed by atoms with E-state index in [1.165, 1.54) is 26.2 Å². The first-order valence-corrected chi connectivity index (χ1v) is 8.05. The van der Waals surface area contributed by atoms with Gasteiger partial charge < -0.3 is 18.9 Å². The zero-order valence-electron chi connectivity index (χ0n) is 15.1. The van der Waals surface area contributed by atoms with E-state index in [0.29, 0.717) is 13.2 Å². The molecular weight excluding hydrogens is 324 g/mol. The van der Waals surface area contributed by atoms with Gasteiger partial charge in [0.05, 0.1) is 26.4 Å². The molecule has 0 aliphatic carbocycles. The van der Waals surface area contributed by atoms with Crippen molar-refractivity contribution in [3.63, 3.8) is 0 Å². The van der Waals surface area contributed by atoms with Crippen LogP contribution in [0, 0.1) is 5.92 Å². The lowest BCUT2D eigenvalue weighted by molar-refractivity contribution is -0.149. The predicted molar refractivity (Wildman–Crippen MR) is 92.8 cm³/mol. The second-order valence-electron chi connectivity index (χ2n) is 5.59. The molecule has 25 heavy (non-hydrogen) atoms. The summed E-state index contributed by atoms with van der Waals surface area (Å²) in [5.41, 5.74) is 1.06. The molecule has 1 rings (SSSR count). The Morgan fingerprint density at radius 2 is 1.84 bits per heavy atom. The van der Waals surface area contributed by atoms with Gasteiger partial charge in [-0.3, -0.25) is 4.79 Å². The van der Waals surface area contributed by atoms with Crippen LogP contribution in [0.25, 0.3) is 0 Å². The fourth-order valence-electron chi connectivity index (χ4n) is 2.27. The average molecular weight is 350 g/mol. The first kappa shape index (κ1) is 20.9. The van der Waals surface area contributed by atoms with Crippen molar-refractivity contribution in [2.45, 2.75) is 32.7 Å². The Labute approximate surface area is 148 Å². The second-order valence-corrected chi connectivity index (χ2v) is 5.59. The number of carbonyl (C=O) groups is 2. The highest BCUT2D eigenvalue weighted by atomic mass is 16.6. The van der Waals surface area contributed by atoms with Crippen molar-refractivity contribution < 1.29 is 28.5 Å². The average Bonchev–Trinajstić information content (AvgIpc) is 2.62. The molecule has 0 unspecified atom stereocenters. The highest BCUT2D eigenvalue weighted by molar-refractivity contribution is 5.81. The van der Waals surface area contributed by atoms with Crippen molar-refractivity contribution >= 4 is 11.9 Å². The Bertz CT molecular complexity index is 554. The van der Waals surface area contributed by atoms with Crippen LogP contribution < -0.4 is 0 Å². The fourth-order valence-corrected chi connectivity index (χ4v) is 2.27. The van der Waals surface area contributed by atoms with Crippen molar-refractivity contribution in [3.8, 4) is 0 Å². The van der Waals surface area contributed by atoms with Gasteiger partial charge >= 0.3 is 11.9 Å². The van der Waals surface area contributed by atoms with Gasteiger partial charge in [0.25, 0.3) is 0 Å². The lowest BCUT2D eigenvalue weighted by atomic mass is 9.97. The van der Waals surface area contributed by atoms with Crippen LogP contribution in [0.15, 0.2) is 42.5 Å². The molecule has 3 atom stereocenters. The topological polar surface area (TPSA) is 71.1 Å². The maximum absolute atomic E-state index is 11.3. The third-order valence-electron chi connectivity index (χ3n) is 3.73. The molecule has 0 amide bonds. The first-order chi connectivity index (χ1) is 12.0. The van der Waals surface area contributed by atoms with Gasteiger partial charge in [0, 0.05) is 26.0 Å². The molecular formula is C19H26O6. The minimum atomic E-state index is -0.623. The standard InChI is InChI=1S/C19H26O6/c1-14(17(25-15(2)20)10-11-19(21)23-4)18(22-3)13-24-12-16-8-6-5-7-9-16/h5-11,14,17-18H,12-13H2,1-4H3/b11-10+/t14-,17-,18+/m1/s1. The second kappa shape index (κ2) is 11.4. The molecule has 0 saturated heterocycles. The molecule has 0 fully saturated rings. The predicted octanol–water partition coefficient (Wildman–Crippen LogP) is 2.52. The quantitative estimate of drug-likeness (QED) is 0.477. The third-order valence-corrected chi connectivity index (χ3v) is 3.73. The van der Waals surface area contributed by atoms with Crippen molar-refractivity contribution in [2.24, 2.45) is 5.92 Å². The summed E-state index contributed by atoms with van der Waals surface area (Å²) in [6, 6.07) is 9.80. The summed E-state index contributed by atoms with van der Waals surface area (Å²) in [7, 11) is 2.86. The molecule has 0 bridgehead atoms. The number of ether oxygens (including phenoxy) is 4. The summed E-state index contributed by atoms with van der Waals surface area (Å²) >= 11 is 0. The minimum absolute atomic E-state index is 0.217. The Balaban J connectivity index is 2.66. The normalized spacial score (nSPS) is 14.7. The molecule has 6 heteroatoms. The van der Waals surface area contributed by atoms with E-state index in [2.05, 4.69) is 4.74 Å². The van der Waals surface area contributed by atoms with E-state index in [-0.39, 0.29) is 12.0 Å². The number of carbonyl (C=O) groups excluding carboxylic acids is 2. The van der Waals surface area contributed by atoms with Crippen molar-refractivity contribution in [1.29, 1.82) is 0 Å². The fraction of sp³-hybridized carbons (Fsp3) is 0.474. The van der Waals surface area contributed by atoms with E-state index in [4.69, 9.17) is 14.2 Å². The van der Waals surface area contributed by atoms with Crippen LogP contribution in [-0.2, 0) is 35.1 Å². The van der Waals surface area contributed by atoms with Gasteiger partial charge in [-0.2, -0.15) is 0 Å². The van der Waals surface area contributed by atoms with E-state index in [9.17, 15) is 9.59 Å². The molecule has 0 heterocycles. The van der Waals surface area contributed by atoms with Crippen molar-refractivity contribution in [1.82, 2.24) is 0 Å². The zero-order valence-corrected chi connectivity index (χ0v) is 15.1. The summed E-state index contributed by atoms with van der Waals surface area (Å²) < 4.78 is 21.0. The van der Waals surface area contributed by atoms with Crippen LogP contribution in [0.3, 0.4) is 0 Å². The monoisotopic (exact) mass is 350 g/mol. The van der Waals surface area contributed by atoms with Crippen LogP contribution in [0.2, 0.25) is 0 Å². The van der Waals surface area contributed by atoms with Gasteiger partial charge in [0.2, 0.25) is 0 Å². The molecule has 0 radical (unpaired) electrons. The van der Waals surface area contributed by atoms with Crippen molar-refractivity contribution in [3.05, 3.63) is 48.0 Å². The lowest BCUT2D eigenvalue weighted by Gasteiger charge is -2.27. The Morgan fingerprint density at radius 3 is 2.40 bits per heavy atom. The third kappa shape index (κ3) is 7.96. The Hall–Kier alpha value is -2.18. The van der Waals surface area contributed by atoms with Crippen LogP contribution in [-0.4, -0.2) is 45.0 Å². The van der Waals surface area contributed by atoms with Crippen LogP contribution in [0.5, 0.6) is 0 Å².